The molecule has 2 rings (SSSR count). The monoisotopic (exact) mass is 301 g/mol. The first-order valence-corrected chi connectivity index (χ1v) is 8.07. The zero-order chi connectivity index (χ0) is 14.9. The summed E-state index contributed by atoms with van der Waals surface area (Å²) in [6.07, 6.45) is 3.86. The normalized spacial score (nSPS) is 24.7. The SMILES string of the molecule is CCn1cc(S(=O)(=O)N2CC(C(=O)O)CCC2C)cn1. The van der Waals surface area contributed by atoms with Gasteiger partial charge in [-0.3, -0.25) is 9.48 Å². The third kappa shape index (κ3) is 2.71. The van der Waals surface area contributed by atoms with E-state index < -0.39 is 21.9 Å². The van der Waals surface area contributed by atoms with Gasteiger partial charge in [0.2, 0.25) is 10.0 Å². The predicted octanol–water partition coefficient (Wildman–Crippen LogP) is 0.777. The van der Waals surface area contributed by atoms with E-state index in [1.807, 2.05) is 6.92 Å². The smallest absolute Gasteiger partial charge is 0.307 e. The molecule has 2 atom stereocenters. The Balaban J connectivity index is 2.29. The number of piperidine rings is 1. The number of aryl methyl sites for hydroxylation is 1. The van der Waals surface area contributed by atoms with Crippen molar-refractivity contribution in [3.05, 3.63) is 12.4 Å². The topological polar surface area (TPSA) is 92.5 Å². The molecule has 1 aromatic heterocycles. The maximum atomic E-state index is 12.6. The molecule has 1 aromatic rings. The Kier molecular flexibility index (Phi) is 4.14. The van der Waals surface area contributed by atoms with Crippen LogP contribution in [0.25, 0.3) is 0 Å². The van der Waals surface area contributed by atoms with Gasteiger partial charge in [0, 0.05) is 25.3 Å². The number of nitrogens with zero attached hydrogens (tertiary/aromatic N) is 3. The van der Waals surface area contributed by atoms with Gasteiger partial charge in [-0.05, 0) is 26.7 Å². The summed E-state index contributed by atoms with van der Waals surface area (Å²) in [5.41, 5.74) is 0. The number of hydrogen-bond acceptors (Lipinski definition) is 4. The zero-order valence-electron chi connectivity index (χ0n) is 11.6. The fourth-order valence-electron chi connectivity index (χ4n) is 2.40. The lowest BCUT2D eigenvalue weighted by Gasteiger charge is -2.34. The molecule has 112 valence electrons. The molecule has 2 unspecified atom stereocenters. The lowest BCUT2D eigenvalue weighted by molar-refractivity contribution is -0.143. The van der Waals surface area contributed by atoms with Gasteiger partial charge >= 0.3 is 5.97 Å². The Morgan fingerprint density at radius 3 is 2.75 bits per heavy atom. The summed E-state index contributed by atoms with van der Waals surface area (Å²) < 4.78 is 28.0. The van der Waals surface area contributed by atoms with Crippen LogP contribution in [0.3, 0.4) is 0 Å². The molecule has 0 saturated carbocycles. The minimum Gasteiger partial charge on any atom is -0.481 e. The molecule has 0 aliphatic carbocycles. The molecule has 20 heavy (non-hydrogen) atoms. The standard InChI is InChI=1S/C12H19N3O4S/c1-3-14-8-11(6-13-14)20(18,19)15-7-10(12(16)17)5-4-9(15)2/h6,8-10H,3-5,7H2,1-2H3,(H,16,17). The van der Waals surface area contributed by atoms with Crippen molar-refractivity contribution in [2.45, 2.75) is 44.2 Å². The Hall–Kier alpha value is -1.41. The fraction of sp³-hybridized carbons (Fsp3) is 0.667. The lowest BCUT2D eigenvalue weighted by Crippen LogP contribution is -2.47. The maximum absolute atomic E-state index is 12.6. The Labute approximate surface area is 118 Å². The summed E-state index contributed by atoms with van der Waals surface area (Å²) in [6.45, 7) is 4.28. The number of carbonyl (C=O) groups is 1. The van der Waals surface area contributed by atoms with Crippen LogP contribution in [0, 0.1) is 5.92 Å². The van der Waals surface area contributed by atoms with Crippen LogP contribution in [0.2, 0.25) is 0 Å². The van der Waals surface area contributed by atoms with Crippen LogP contribution in [-0.4, -0.2) is 46.2 Å². The highest BCUT2D eigenvalue weighted by molar-refractivity contribution is 7.89. The van der Waals surface area contributed by atoms with E-state index in [0.29, 0.717) is 19.4 Å². The predicted molar refractivity (Wildman–Crippen MR) is 71.6 cm³/mol. The van der Waals surface area contributed by atoms with Crippen LogP contribution in [-0.2, 0) is 21.4 Å². The second-order valence-electron chi connectivity index (χ2n) is 5.07. The molecule has 1 aliphatic rings. The highest BCUT2D eigenvalue weighted by atomic mass is 32.2. The summed E-state index contributed by atoms with van der Waals surface area (Å²) in [5, 5.41) is 13.1. The summed E-state index contributed by atoms with van der Waals surface area (Å²) in [5.74, 6) is -1.58. The molecular weight excluding hydrogens is 282 g/mol. The van der Waals surface area contributed by atoms with Crippen molar-refractivity contribution < 1.29 is 18.3 Å². The second kappa shape index (κ2) is 5.53. The van der Waals surface area contributed by atoms with Gasteiger partial charge in [0.05, 0.1) is 12.1 Å². The number of aromatic nitrogens is 2. The Morgan fingerprint density at radius 2 is 2.20 bits per heavy atom. The molecule has 1 N–H and O–H groups in total. The van der Waals surface area contributed by atoms with E-state index in [4.69, 9.17) is 5.11 Å². The van der Waals surface area contributed by atoms with E-state index in [2.05, 4.69) is 5.10 Å². The molecule has 0 aromatic carbocycles. The highest BCUT2D eigenvalue weighted by Crippen LogP contribution is 2.28. The molecule has 1 aliphatic heterocycles. The minimum atomic E-state index is -3.68. The van der Waals surface area contributed by atoms with Crippen LogP contribution < -0.4 is 0 Å². The van der Waals surface area contributed by atoms with Crippen LogP contribution >= 0.6 is 0 Å². The van der Waals surface area contributed by atoms with Gasteiger partial charge in [0.25, 0.3) is 0 Å². The molecule has 0 radical (unpaired) electrons. The summed E-state index contributed by atoms with van der Waals surface area (Å²) in [7, 11) is -3.68. The highest BCUT2D eigenvalue weighted by Gasteiger charge is 2.37. The van der Waals surface area contributed by atoms with E-state index in [-0.39, 0.29) is 17.5 Å². The Morgan fingerprint density at radius 1 is 1.50 bits per heavy atom. The molecule has 0 amide bonds. The fourth-order valence-corrected chi connectivity index (χ4v) is 4.06. The summed E-state index contributed by atoms with van der Waals surface area (Å²) >= 11 is 0. The van der Waals surface area contributed by atoms with Gasteiger partial charge in [0.15, 0.2) is 0 Å². The third-order valence-electron chi connectivity index (χ3n) is 3.71. The van der Waals surface area contributed by atoms with Crippen molar-refractivity contribution >= 4 is 16.0 Å². The second-order valence-corrected chi connectivity index (χ2v) is 6.96. The van der Waals surface area contributed by atoms with Gasteiger partial charge in [-0.25, -0.2) is 8.42 Å². The quantitative estimate of drug-likeness (QED) is 0.887. The van der Waals surface area contributed by atoms with Crippen LogP contribution in [0.1, 0.15) is 26.7 Å². The van der Waals surface area contributed by atoms with Crippen molar-refractivity contribution in [3.8, 4) is 0 Å². The molecule has 1 fully saturated rings. The number of aliphatic carboxylic acids is 1. The average Bonchev–Trinajstić information content (AvgIpc) is 2.88. The first-order valence-electron chi connectivity index (χ1n) is 6.63. The minimum absolute atomic E-state index is 0.0239. The van der Waals surface area contributed by atoms with Crippen LogP contribution in [0.15, 0.2) is 17.3 Å². The van der Waals surface area contributed by atoms with Crippen molar-refractivity contribution in [2.24, 2.45) is 5.92 Å². The van der Waals surface area contributed by atoms with Gasteiger partial charge in [-0.2, -0.15) is 9.40 Å². The van der Waals surface area contributed by atoms with Crippen molar-refractivity contribution in [1.82, 2.24) is 14.1 Å². The van der Waals surface area contributed by atoms with E-state index >= 15 is 0 Å². The van der Waals surface area contributed by atoms with Gasteiger partial charge in [-0.15, -0.1) is 0 Å². The molecule has 0 spiro atoms. The Bertz CT molecular complexity index is 596. The van der Waals surface area contributed by atoms with Crippen molar-refractivity contribution in [2.75, 3.05) is 6.54 Å². The average molecular weight is 301 g/mol. The number of carboxylic acid groups (broad SMARTS) is 1. The van der Waals surface area contributed by atoms with Gasteiger partial charge < -0.3 is 5.11 Å². The molecular formula is C12H19N3O4S. The molecule has 1 saturated heterocycles. The number of sulfonamides is 1. The van der Waals surface area contributed by atoms with Crippen molar-refractivity contribution in [1.29, 1.82) is 0 Å². The lowest BCUT2D eigenvalue weighted by atomic mass is 9.96. The summed E-state index contributed by atoms with van der Waals surface area (Å²) in [6, 6.07) is -0.194. The van der Waals surface area contributed by atoms with Gasteiger partial charge in [0.1, 0.15) is 4.90 Å². The largest absolute Gasteiger partial charge is 0.481 e. The number of rotatable bonds is 4. The van der Waals surface area contributed by atoms with Gasteiger partial charge in [-0.1, -0.05) is 0 Å². The first kappa shape index (κ1) is 15.0. The van der Waals surface area contributed by atoms with Crippen LogP contribution in [0.4, 0.5) is 0 Å². The van der Waals surface area contributed by atoms with Crippen molar-refractivity contribution in [3.63, 3.8) is 0 Å². The van der Waals surface area contributed by atoms with E-state index in [9.17, 15) is 13.2 Å². The maximum Gasteiger partial charge on any atom is 0.307 e. The van der Waals surface area contributed by atoms with E-state index in [0.717, 1.165) is 0 Å². The van der Waals surface area contributed by atoms with Crippen LogP contribution in [0.5, 0.6) is 0 Å². The molecule has 0 bridgehead atoms. The van der Waals surface area contributed by atoms with E-state index in [1.165, 1.54) is 21.4 Å². The van der Waals surface area contributed by atoms with E-state index in [1.54, 1.807) is 6.92 Å². The molecule has 2 heterocycles. The molecule has 7 nitrogen and oxygen atoms in total. The number of hydrogen-bond donors (Lipinski definition) is 1. The summed E-state index contributed by atoms with van der Waals surface area (Å²) in [4.78, 5) is 11.2. The number of carboxylic acids is 1. The molecule has 8 heteroatoms. The first-order chi connectivity index (χ1) is 9.36. The third-order valence-corrected chi connectivity index (χ3v) is 5.65. The zero-order valence-corrected chi connectivity index (χ0v) is 12.4.